The summed E-state index contributed by atoms with van der Waals surface area (Å²) in [5.74, 6) is 0. The van der Waals surface area contributed by atoms with Crippen LogP contribution in [0.1, 0.15) is 5.56 Å². The fraction of sp³-hybridized carbons (Fsp3) is 0. The topological polar surface area (TPSA) is 38.0 Å². The van der Waals surface area contributed by atoms with Gasteiger partial charge in [-0.3, -0.25) is 0 Å². The molecule has 7 aromatic carbocycles. The molecule has 2 aromatic heterocycles. The highest BCUT2D eigenvalue weighted by Crippen LogP contribution is 2.43. The van der Waals surface area contributed by atoms with Gasteiger partial charge in [-0.2, -0.15) is 5.26 Å². The molecule has 222 valence electrons. The quantitative estimate of drug-likeness (QED) is 0.183. The maximum absolute atomic E-state index is 10.9. The minimum Gasteiger partial charge on any atom is -0.310 e. The van der Waals surface area contributed by atoms with Gasteiger partial charge in [-0.1, -0.05) is 121 Å². The SMILES string of the molecule is [C-]#[N+]c1cccc2c1c1ccccc1n2-c1ccccc1-c1ccccc1-c1cccc(-n2c3ccccc3c3ccccc32)c1C#N. The van der Waals surface area contributed by atoms with E-state index in [1.165, 1.54) is 0 Å². The maximum atomic E-state index is 10.9. The Labute approximate surface area is 277 Å². The third-order valence-electron chi connectivity index (χ3n) is 9.42. The highest BCUT2D eigenvalue weighted by Gasteiger charge is 2.21. The molecule has 0 aliphatic carbocycles. The molecule has 2 heterocycles. The van der Waals surface area contributed by atoms with Gasteiger partial charge in [0.2, 0.25) is 0 Å². The number of nitriles is 1. The zero-order valence-electron chi connectivity index (χ0n) is 25.8. The standard InChI is InChI=1S/C44H26N4/c1-46-37-21-13-27-43-44(37)35-19-7-11-25-41(35)48(43)38-22-8-4-16-32(38)30-15-3-2-14-29(30)31-20-12-26-42(36(31)28-45)47-39-23-9-5-17-33(39)34-18-6-10-24-40(34)47/h2-27H. The Morgan fingerprint density at radius 1 is 0.438 bits per heavy atom. The zero-order chi connectivity index (χ0) is 32.2. The van der Waals surface area contributed by atoms with Gasteiger partial charge in [0.05, 0.1) is 40.1 Å². The Morgan fingerprint density at radius 3 is 1.56 bits per heavy atom. The Bertz CT molecular complexity index is 2760. The third-order valence-corrected chi connectivity index (χ3v) is 9.42. The lowest BCUT2D eigenvalue weighted by Gasteiger charge is -2.19. The van der Waals surface area contributed by atoms with Gasteiger partial charge in [0.15, 0.2) is 5.69 Å². The van der Waals surface area contributed by atoms with Gasteiger partial charge in [-0.05, 0) is 52.9 Å². The van der Waals surface area contributed by atoms with Crippen LogP contribution in [-0.2, 0) is 0 Å². The van der Waals surface area contributed by atoms with Crippen LogP contribution in [0, 0.1) is 17.9 Å². The molecule has 0 spiro atoms. The molecule has 0 saturated carbocycles. The summed E-state index contributed by atoms with van der Waals surface area (Å²) in [5, 5.41) is 15.2. The molecule has 48 heavy (non-hydrogen) atoms. The van der Waals surface area contributed by atoms with E-state index < -0.39 is 0 Å². The molecule has 0 unspecified atom stereocenters. The molecule has 9 aromatic rings. The number of hydrogen-bond donors (Lipinski definition) is 0. The van der Waals surface area contributed by atoms with Crippen LogP contribution in [0.4, 0.5) is 5.69 Å². The lowest BCUT2D eigenvalue weighted by atomic mass is 9.90. The van der Waals surface area contributed by atoms with Gasteiger partial charge in [-0.15, -0.1) is 0 Å². The summed E-state index contributed by atoms with van der Waals surface area (Å²) >= 11 is 0. The van der Waals surface area contributed by atoms with Crippen molar-refractivity contribution in [3.8, 4) is 39.7 Å². The van der Waals surface area contributed by atoms with Gasteiger partial charge in [0.25, 0.3) is 0 Å². The smallest absolute Gasteiger partial charge is 0.197 e. The molecular weight excluding hydrogens is 585 g/mol. The number of benzene rings is 7. The fourth-order valence-corrected chi connectivity index (χ4v) is 7.45. The minimum absolute atomic E-state index is 0.618. The normalized spacial score (nSPS) is 11.3. The molecule has 0 N–H and O–H groups in total. The first-order valence-corrected chi connectivity index (χ1v) is 15.9. The number of para-hydroxylation sites is 4. The number of hydrogen-bond acceptors (Lipinski definition) is 1. The van der Waals surface area contributed by atoms with Crippen LogP contribution in [0.15, 0.2) is 158 Å². The van der Waals surface area contributed by atoms with Gasteiger partial charge in [0, 0.05) is 32.8 Å². The summed E-state index contributed by atoms with van der Waals surface area (Å²) in [4.78, 5) is 3.88. The van der Waals surface area contributed by atoms with Crippen molar-refractivity contribution in [1.82, 2.24) is 9.13 Å². The van der Waals surface area contributed by atoms with Crippen molar-refractivity contribution in [3.63, 3.8) is 0 Å². The Hall–Kier alpha value is -6.88. The number of aromatic nitrogens is 2. The van der Waals surface area contributed by atoms with E-state index in [1.807, 2.05) is 36.4 Å². The summed E-state index contributed by atoms with van der Waals surface area (Å²) in [7, 11) is 0. The van der Waals surface area contributed by atoms with Crippen LogP contribution in [0.25, 0.3) is 82.1 Å². The third kappa shape index (κ3) is 3.94. The molecule has 0 bridgehead atoms. The lowest BCUT2D eigenvalue weighted by molar-refractivity contribution is 1.17. The first kappa shape index (κ1) is 27.4. The summed E-state index contributed by atoms with van der Waals surface area (Å²) in [6.45, 7) is 7.90. The predicted molar refractivity (Wildman–Crippen MR) is 197 cm³/mol. The average molecular weight is 611 g/mol. The van der Waals surface area contributed by atoms with Crippen molar-refractivity contribution in [2.24, 2.45) is 0 Å². The van der Waals surface area contributed by atoms with Gasteiger partial charge < -0.3 is 9.13 Å². The Morgan fingerprint density at radius 2 is 0.896 bits per heavy atom. The average Bonchev–Trinajstić information content (AvgIpc) is 3.67. The summed E-state index contributed by atoms with van der Waals surface area (Å²) in [5.41, 5.74) is 11.2. The van der Waals surface area contributed by atoms with Gasteiger partial charge >= 0.3 is 0 Å². The van der Waals surface area contributed by atoms with E-state index in [1.54, 1.807) is 0 Å². The van der Waals surface area contributed by atoms with E-state index in [0.717, 1.165) is 77.2 Å². The first-order valence-electron chi connectivity index (χ1n) is 15.9. The molecule has 4 heteroatoms. The maximum Gasteiger partial charge on any atom is 0.197 e. The van der Waals surface area contributed by atoms with Crippen molar-refractivity contribution in [3.05, 3.63) is 175 Å². The summed E-state index contributed by atoms with van der Waals surface area (Å²) in [6.07, 6.45) is 0. The molecule has 9 rings (SSSR count). The molecular formula is C44H26N4. The van der Waals surface area contributed by atoms with E-state index >= 15 is 0 Å². The molecule has 0 atom stereocenters. The number of rotatable bonds is 4. The molecule has 0 fully saturated rings. The molecule has 0 aliphatic rings. The fourth-order valence-electron chi connectivity index (χ4n) is 7.45. The van der Waals surface area contributed by atoms with Crippen molar-refractivity contribution < 1.29 is 0 Å². The van der Waals surface area contributed by atoms with Crippen molar-refractivity contribution in [2.45, 2.75) is 0 Å². The Balaban J connectivity index is 1.31. The largest absolute Gasteiger partial charge is 0.310 e. The second kappa shape index (κ2) is 10.9. The van der Waals surface area contributed by atoms with Gasteiger partial charge in [-0.25, -0.2) is 4.85 Å². The highest BCUT2D eigenvalue weighted by atomic mass is 15.0. The summed E-state index contributed by atoms with van der Waals surface area (Å²) in [6, 6.07) is 56.5. The lowest BCUT2D eigenvalue weighted by Crippen LogP contribution is -2.01. The number of nitrogens with zero attached hydrogens (tertiary/aromatic N) is 4. The van der Waals surface area contributed by atoms with Crippen LogP contribution in [0.3, 0.4) is 0 Å². The zero-order valence-corrected chi connectivity index (χ0v) is 25.8. The molecule has 0 aliphatic heterocycles. The van der Waals surface area contributed by atoms with E-state index in [0.29, 0.717) is 11.3 Å². The number of fused-ring (bicyclic) bond motifs is 6. The second-order valence-electron chi connectivity index (χ2n) is 11.9. The van der Waals surface area contributed by atoms with Crippen LogP contribution >= 0.6 is 0 Å². The molecule has 0 saturated heterocycles. The van der Waals surface area contributed by atoms with E-state index in [4.69, 9.17) is 6.57 Å². The summed E-state index contributed by atoms with van der Waals surface area (Å²) < 4.78 is 4.49. The Kier molecular flexibility index (Phi) is 6.22. The van der Waals surface area contributed by atoms with Crippen LogP contribution in [0.2, 0.25) is 0 Å². The molecule has 0 amide bonds. The molecule has 0 radical (unpaired) electrons. The van der Waals surface area contributed by atoms with Crippen LogP contribution < -0.4 is 0 Å². The monoisotopic (exact) mass is 610 g/mol. The second-order valence-corrected chi connectivity index (χ2v) is 11.9. The van der Waals surface area contributed by atoms with Crippen molar-refractivity contribution >= 4 is 49.3 Å². The highest BCUT2D eigenvalue weighted by molar-refractivity contribution is 6.15. The van der Waals surface area contributed by atoms with E-state index in [-0.39, 0.29) is 0 Å². The van der Waals surface area contributed by atoms with Crippen LogP contribution in [0.5, 0.6) is 0 Å². The first-order chi connectivity index (χ1) is 23.8. The predicted octanol–water partition coefficient (Wildman–Crippen LogP) is 11.6. The van der Waals surface area contributed by atoms with E-state index in [9.17, 15) is 5.26 Å². The van der Waals surface area contributed by atoms with Gasteiger partial charge in [0.1, 0.15) is 6.07 Å². The van der Waals surface area contributed by atoms with Crippen LogP contribution in [-0.4, -0.2) is 9.13 Å². The molecule has 4 nitrogen and oxygen atoms in total. The minimum atomic E-state index is 0.618. The van der Waals surface area contributed by atoms with E-state index in [2.05, 4.69) is 141 Å². The van der Waals surface area contributed by atoms with Crippen molar-refractivity contribution in [2.75, 3.05) is 0 Å². The van der Waals surface area contributed by atoms with Crippen molar-refractivity contribution in [1.29, 1.82) is 5.26 Å².